The van der Waals surface area contributed by atoms with Crippen LogP contribution in [0.1, 0.15) is 44.5 Å². The number of carboxylic acids is 1. The van der Waals surface area contributed by atoms with Gasteiger partial charge in [0, 0.05) is 19.2 Å². The van der Waals surface area contributed by atoms with Gasteiger partial charge in [-0.25, -0.2) is 4.98 Å². The van der Waals surface area contributed by atoms with E-state index >= 15 is 0 Å². The van der Waals surface area contributed by atoms with Crippen LogP contribution in [0.2, 0.25) is 0 Å². The number of ether oxygens (including phenoxy) is 1. The summed E-state index contributed by atoms with van der Waals surface area (Å²) in [6, 6.07) is -0.557. The molecule has 1 aromatic heterocycles. The van der Waals surface area contributed by atoms with Crippen LogP contribution in [0.3, 0.4) is 0 Å². The lowest BCUT2D eigenvalue weighted by Crippen LogP contribution is -2.35. The second-order valence-electron chi connectivity index (χ2n) is 5.13. The van der Waals surface area contributed by atoms with Crippen LogP contribution >= 0.6 is 0 Å². The largest absolute Gasteiger partial charge is 0.480 e. The van der Waals surface area contributed by atoms with Gasteiger partial charge in [-0.2, -0.15) is 0 Å². The highest BCUT2D eigenvalue weighted by molar-refractivity contribution is 5.74. The summed E-state index contributed by atoms with van der Waals surface area (Å²) in [5, 5.41) is 12.5. The van der Waals surface area contributed by atoms with Gasteiger partial charge in [0.05, 0.1) is 24.3 Å². The van der Waals surface area contributed by atoms with Crippen molar-refractivity contribution in [3.8, 4) is 0 Å². The third kappa shape index (κ3) is 3.33. The lowest BCUT2D eigenvalue weighted by Gasteiger charge is -2.20. The molecule has 19 heavy (non-hydrogen) atoms. The topological polar surface area (TPSA) is 76.4 Å². The van der Waals surface area contributed by atoms with Crippen molar-refractivity contribution in [1.29, 1.82) is 0 Å². The number of carbonyl (C=O) groups is 1. The first-order valence-electron chi connectivity index (χ1n) is 6.69. The van der Waals surface area contributed by atoms with Gasteiger partial charge >= 0.3 is 5.97 Å². The van der Waals surface area contributed by atoms with E-state index in [1.165, 1.54) is 0 Å². The summed E-state index contributed by atoms with van der Waals surface area (Å²) < 4.78 is 7.38. The van der Waals surface area contributed by atoms with E-state index in [-0.39, 0.29) is 12.1 Å². The number of aromatic nitrogens is 2. The summed E-state index contributed by atoms with van der Waals surface area (Å²) in [5.74, 6) is -0.889. The predicted molar refractivity (Wildman–Crippen MR) is 70.0 cm³/mol. The molecule has 2 atom stereocenters. The maximum absolute atomic E-state index is 11.4. The Morgan fingerprint density at radius 1 is 1.68 bits per heavy atom. The Morgan fingerprint density at radius 2 is 2.47 bits per heavy atom. The van der Waals surface area contributed by atoms with Gasteiger partial charge in [0.2, 0.25) is 0 Å². The minimum Gasteiger partial charge on any atom is -0.480 e. The fourth-order valence-electron chi connectivity index (χ4n) is 2.34. The van der Waals surface area contributed by atoms with E-state index in [1.54, 1.807) is 12.5 Å². The molecule has 0 bridgehead atoms. The fourth-order valence-corrected chi connectivity index (χ4v) is 2.34. The number of aliphatic carboxylic acids is 1. The summed E-state index contributed by atoms with van der Waals surface area (Å²) in [6.07, 6.45) is 5.44. The van der Waals surface area contributed by atoms with Gasteiger partial charge in [-0.05, 0) is 26.7 Å². The Labute approximate surface area is 112 Å². The summed E-state index contributed by atoms with van der Waals surface area (Å²) in [6.45, 7) is 5.34. The highest BCUT2D eigenvalue weighted by Crippen LogP contribution is 2.19. The monoisotopic (exact) mass is 267 g/mol. The molecule has 2 rings (SSSR count). The van der Waals surface area contributed by atoms with Crippen LogP contribution in [-0.2, 0) is 9.53 Å². The minimum absolute atomic E-state index is 0.122. The number of nitrogens with one attached hydrogen (secondary N) is 1. The molecule has 1 saturated heterocycles. The second-order valence-corrected chi connectivity index (χ2v) is 5.13. The van der Waals surface area contributed by atoms with Crippen LogP contribution in [-0.4, -0.2) is 39.9 Å². The number of nitrogens with zero attached hydrogens (tertiary/aromatic N) is 2. The first kappa shape index (κ1) is 14.0. The molecule has 1 aliphatic rings. The highest BCUT2D eigenvalue weighted by atomic mass is 16.5. The lowest BCUT2D eigenvalue weighted by molar-refractivity contribution is -0.140. The number of imidazole rings is 1. The number of carboxylic acid groups (broad SMARTS) is 1. The lowest BCUT2D eigenvalue weighted by atomic mass is 10.1. The number of rotatable bonds is 6. The maximum atomic E-state index is 11.4. The zero-order chi connectivity index (χ0) is 13.8. The van der Waals surface area contributed by atoms with Crippen molar-refractivity contribution < 1.29 is 14.6 Å². The zero-order valence-electron chi connectivity index (χ0n) is 11.4. The molecule has 1 aliphatic heterocycles. The summed E-state index contributed by atoms with van der Waals surface area (Å²) in [4.78, 5) is 15.5. The number of hydrogen-bond donors (Lipinski definition) is 2. The van der Waals surface area contributed by atoms with Crippen LogP contribution in [0, 0.1) is 0 Å². The van der Waals surface area contributed by atoms with Crippen molar-refractivity contribution in [2.45, 2.75) is 44.9 Å². The highest BCUT2D eigenvalue weighted by Gasteiger charge is 2.26. The molecule has 2 heterocycles. The Bertz CT molecular complexity index is 425. The summed E-state index contributed by atoms with van der Waals surface area (Å²) in [7, 11) is 0. The van der Waals surface area contributed by atoms with Crippen molar-refractivity contribution in [2.24, 2.45) is 0 Å². The van der Waals surface area contributed by atoms with E-state index in [1.807, 2.05) is 18.4 Å². The Morgan fingerprint density at radius 3 is 3.05 bits per heavy atom. The number of hydrogen-bond acceptors (Lipinski definition) is 4. The predicted octanol–water partition coefficient (Wildman–Crippen LogP) is 1.36. The van der Waals surface area contributed by atoms with Gasteiger partial charge in [-0.3, -0.25) is 10.1 Å². The maximum Gasteiger partial charge on any atom is 0.326 e. The normalized spacial score (nSPS) is 20.9. The van der Waals surface area contributed by atoms with E-state index < -0.39 is 12.0 Å². The third-order valence-corrected chi connectivity index (χ3v) is 3.37. The van der Waals surface area contributed by atoms with Crippen LogP contribution in [0.25, 0.3) is 0 Å². The third-order valence-electron chi connectivity index (χ3n) is 3.37. The average molecular weight is 267 g/mol. The molecule has 0 saturated carbocycles. The Balaban J connectivity index is 2.06. The minimum atomic E-state index is -0.889. The second kappa shape index (κ2) is 6.16. The van der Waals surface area contributed by atoms with Crippen molar-refractivity contribution in [3.05, 3.63) is 18.2 Å². The van der Waals surface area contributed by atoms with Crippen LogP contribution in [0.4, 0.5) is 0 Å². The summed E-state index contributed by atoms with van der Waals surface area (Å²) in [5.41, 5.74) is 0.681. The first-order valence-corrected chi connectivity index (χ1v) is 6.69. The van der Waals surface area contributed by atoms with Crippen LogP contribution < -0.4 is 5.32 Å². The molecule has 1 aromatic rings. The van der Waals surface area contributed by atoms with Crippen molar-refractivity contribution in [3.63, 3.8) is 0 Å². The average Bonchev–Trinajstić information content (AvgIpc) is 2.98. The summed E-state index contributed by atoms with van der Waals surface area (Å²) >= 11 is 0. The first-order chi connectivity index (χ1) is 9.09. The van der Waals surface area contributed by atoms with E-state index in [9.17, 15) is 9.90 Å². The molecule has 0 amide bonds. The Hall–Kier alpha value is -1.40. The van der Waals surface area contributed by atoms with Crippen molar-refractivity contribution in [2.75, 3.05) is 13.2 Å². The molecule has 0 aromatic carbocycles. The molecule has 0 radical (unpaired) electrons. The van der Waals surface area contributed by atoms with E-state index in [0.29, 0.717) is 12.2 Å². The van der Waals surface area contributed by atoms with Gasteiger partial charge in [0.1, 0.15) is 6.04 Å². The van der Waals surface area contributed by atoms with Crippen molar-refractivity contribution >= 4 is 5.97 Å². The molecular formula is C13H21N3O3. The molecular weight excluding hydrogens is 246 g/mol. The molecule has 106 valence electrons. The molecule has 0 spiro atoms. The SMILES string of the molecule is CC(C)n1cncc1C(NCC1CCCO1)C(=O)O. The Kier molecular flexibility index (Phi) is 4.55. The standard InChI is InChI=1S/C13H21N3O3/c1-9(2)16-8-14-7-11(16)12(13(17)18)15-6-10-4-3-5-19-10/h7-10,12,15H,3-6H2,1-2H3,(H,17,18). The molecule has 2 unspecified atom stereocenters. The molecule has 2 N–H and O–H groups in total. The smallest absolute Gasteiger partial charge is 0.326 e. The van der Waals surface area contributed by atoms with Crippen molar-refractivity contribution in [1.82, 2.24) is 14.9 Å². The van der Waals surface area contributed by atoms with E-state index in [4.69, 9.17) is 4.74 Å². The van der Waals surface area contributed by atoms with Gasteiger partial charge < -0.3 is 14.4 Å². The molecule has 1 fully saturated rings. The van der Waals surface area contributed by atoms with Crippen LogP contribution in [0.15, 0.2) is 12.5 Å². The van der Waals surface area contributed by atoms with E-state index in [2.05, 4.69) is 10.3 Å². The fraction of sp³-hybridized carbons (Fsp3) is 0.692. The van der Waals surface area contributed by atoms with Gasteiger partial charge in [0.15, 0.2) is 0 Å². The molecule has 6 heteroatoms. The molecule has 6 nitrogen and oxygen atoms in total. The van der Waals surface area contributed by atoms with Gasteiger partial charge in [-0.1, -0.05) is 0 Å². The zero-order valence-corrected chi connectivity index (χ0v) is 11.4. The quantitative estimate of drug-likeness (QED) is 0.814. The van der Waals surface area contributed by atoms with Crippen LogP contribution in [0.5, 0.6) is 0 Å². The molecule has 0 aliphatic carbocycles. The van der Waals surface area contributed by atoms with Gasteiger partial charge in [-0.15, -0.1) is 0 Å². The van der Waals surface area contributed by atoms with E-state index in [0.717, 1.165) is 19.4 Å². The van der Waals surface area contributed by atoms with Gasteiger partial charge in [0.25, 0.3) is 0 Å².